The molecule has 31 heavy (non-hydrogen) atoms. The smallest absolute Gasteiger partial charge is 0.170 e. The summed E-state index contributed by atoms with van der Waals surface area (Å²) in [6.07, 6.45) is 8.61. The van der Waals surface area contributed by atoms with Crippen molar-refractivity contribution in [2.24, 2.45) is 5.92 Å². The first-order valence-corrected chi connectivity index (χ1v) is 11.8. The van der Waals surface area contributed by atoms with Crippen LogP contribution in [0.5, 0.6) is 17.2 Å². The van der Waals surface area contributed by atoms with Crippen LogP contribution in [0.25, 0.3) is 0 Å². The molecule has 0 heterocycles. The van der Waals surface area contributed by atoms with Crippen LogP contribution in [0.1, 0.15) is 61.8 Å². The number of hydrogen-bond donors (Lipinski definition) is 1. The molecule has 1 fully saturated rings. The van der Waals surface area contributed by atoms with Crippen LogP contribution in [0.15, 0.2) is 42.2 Å². The van der Waals surface area contributed by atoms with E-state index >= 15 is 0 Å². The molecule has 0 bridgehead atoms. The normalized spacial score (nSPS) is 29.4. The molecule has 162 valence electrons. The number of fused-ring (bicyclic) bond motifs is 4. The first-order valence-electron chi connectivity index (χ1n) is 11.8. The van der Waals surface area contributed by atoms with Gasteiger partial charge in [0.2, 0.25) is 0 Å². The summed E-state index contributed by atoms with van der Waals surface area (Å²) in [6.45, 7) is 5.19. The molecule has 4 aliphatic rings. The van der Waals surface area contributed by atoms with Crippen molar-refractivity contribution in [3.05, 3.63) is 64.4 Å². The number of hydrogen-bond acceptors (Lipinski definition) is 4. The molecule has 3 atom stereocenters. The topological polar surface area (TPSA) is 47.9 Å². The van der Waals surface area contributed by atoms with Crippen molar-refractivity contribution in [3.8, 4) is 17.2 Å². The highest BCUT2D eigenvalue weighted by molar-refractivity contribution is 5.75. The van der Waals surface area contributed by atoms with Crippen molar-refractivity contribution >= 4 is 0 Å². The highest BCUT2D eigenvalue weighted by atomic mass is 16.5. The third-order valence-electron chi connectivity index (χ3n) is 7.95. The van der Waals surface area contributed by atoms with Crippen LogP contribution in [0, 0.1) is 5.92 Å². The average molecular weight is 419 g/mol. The predicted molar refractivity (Wildman–Crippen MR) is 119 cm³/mol. The molecule has 4 aliphatic carbocycles. The van der Waals surface area contributed by atoms with Crippen molar-refractivity contribution in [1.82, 2.24) is 0 Å². The van der Waals surface area contributed by atoms with Crippen molar-refractivity contribution in [3.63, 3.8) is 0 Å². The Morgan fingerprint density at radius 3 is 2.52 bits per heavy atom. The molecular weight excluding hydrogens is 388 g/mol. The van der Waals surface area contributed by atoms with Gasteiger partial charge in [0, 0.05) is 17.6 Å². The maximum Gasteiger partial charge on any atom is 0.170 e. The van der Waals surface area contributed by atoms with Crippen LogP contribution in [-0.4, -0.2) is 18.3 Å². The van der Waals surface area contributed by atoms with E-state index < -0.39 is 5.60 Å². The van der Waals surface area contributed by atoms with Crippen LogP contribution in [0.3, 0.4) is 0 Å². The monoisotopic (exact) mass is 418 g/mol. The van der Waals surface area contributed by atoms with E-state index in [1.54, 1.807) is 0 Å². The highest BCUT2D eigenvalue weighted by Crippen LogP contribution is 2.75. The first kappa shape index (κ1) is 19.1. The fourth-order valence-electron chi connectivity index (χ4n) is 7.07. The van der Waals surface area contributed by atoms with E-state index in [0.29, 0.717) is 30.6 Å². The molecule has 0 unspecified atom stereocenters. The molecule has 0 saturated heterocycles. The molecule has 0 aliphatic heterocycles. The lowest BCUT2D eigenvalue weighted by Crippen LogP contribution is -2.60. The summed E-state index contributed by atoms with van der Waals surface area (Å²) in [4.78, 5) is 0. The Morgan fingerprint density at radius 2 is 1.74 bits per heavy atom. The first-order chi connectivity index (χ1) is 15.2. The number of benzene rings is 2. The van der Waals surface area contributed by atoms with Gasteiger partial charge in [-0.1, -0.05) is 24.6 Å². The summed E-state index contributed by atoms with van der Waals surface area (Å²) in [7, 11) is 0. The lowest BCUT2D eigenvalue weighted by molar-refractivity contribution is -0.0169. The summed E-state index contributed by atoms with van der Waals surface area (Å²) in [5.41, 5.74) is 4.09. The second-order valence-corrected chi connectivity index (χ2v) is 9.22. The van der Waals surface area contributed by atoms with E-state index in [1.165, 1.54) is 11.1 Å². The molecule has 0 aromatic heterocycles. The van der Waals surface area contributed by atoms with Crippen LogP contribution in [0.4, 0.5) is 0 Å². The molecule has 2 aromatic rings. The number of aromatic hydroxyl groups is 1. The minimum absolute atomic E-state index is 0.128. The molecule has 1 spiro atoms. The number of phenolic OH excluding ortho intramolecular Hbond substituents is 1. The van der Waals surface area contributed by atoms with Gasteiger partial charge in [-0.05, 0) is 69.2 Å². The summed E-state index contributed by atoms with van der Waals surface area (Å²) in [6, 6.07) is 10.1. The Bertz CT molecular complexity index is 1070. The largest absolute Gasteiger partial charge is 0.504 e. The van der Waals surface area contributed by atoms with Crippen LogP contribution >= 0.6 is 0 Å². The highest BCUT2D eigenvalue weighted by Gasteiger charge is 2.75. The molecule has 1 N–H and O–H groups in total. The van der Waals surface area contributed by atoms with Gasteiger partial charge in [0.05, 0.1) is 24.2 Å². The van der Waals surface area contributed by atoms with Crippen LogP contribution < -0.4 is 9.47 Å². The van der Waals surface area contributed by atoms with Gasteiger partial charge in [-0.2, -0.15) is 0 Å². The summed E-state index contributed by atoms with van der Waals surface area (Å²) in [5, 5.41) is 11.3. The lowest BCUT2D eigenvalue weighted by atomic mass is 9.50. The minimum Gasteiger partial charge on any atom is -0.504 e. The van der Waals surface area contributed by atoms with Gasteiger partial charge < -0.3 is 19.3 Å². The molecule has 2 aromatic carbocycles. The molecule has 1 saturated carbocycles. The number of phenols is 1. The molecule has 4 heteroatoms. The van der Waals surface area contributed by atoms with E-state index in [4.69, 9.17) is 14.2 Å². The molecular formula is C27H30O4. The summed E-state index contributed by atoms with van der Waals surface area (Å²) in [5.74, 6) is 3.17. The van der Waals surface area contributed by atoms with E-state index in [0.717, 1.165) is 61.2 Å². The maximum absolute atomic E-state index is 11.3. The number of rotatable bonds is 6. The number of ether oxygens (including phenoxy) is 3. The zero-order valence-electron chi connectivity index (χ0n) is 18.4. The van der Waals surface area contributed by atoms with Gasteiger partial charge in [-0.15, -0.1) is 0 Å². The summed E-state index contributed by atoms with van der Waals surface area (Å²) < 4.78 is 19.3. The standard InChI is InChI=1S/C27H30O4/c1-3-29-21-16-27(31-17-10-6-5-7-11-17)23-22(26(27)15-9-14-20(21)26)18-12-8-13-19(18)24(28)25(23)30-4-2/h5-7,10-11,16,20,28H,3-4,8-9,12-15H2,1-2H3/t20-,26-,27-/m1/s1. The van der Waals surface area contributed by atoms with Gasteiger partial charge >= 0.3 is 0 Å². The number of para-hydroxylation sites is 1. The fourth-order valence-corrected chi connectivity index (χ4v) is 7.07. The van der Waals surface area contributed by atoms with E-state index in [-0.39, 0.29) is 5.41 Å². The van der Waals surface area contributed by atoms with Crippen molar-refractivity contribution < 1.29 is 19.3 Å². The quantitative estimate of drug-likeness (QED) is 0.669. The summed E-state index contributed by atoms with van der Waals surface area (Å²) >= 11 is 0. The van der Waals surface area contributed by atoms with Gasteiger partial charge in [0.25, 0.3) is 0 Å². The second kappa shape index (κ2) is 6.69. The third kappa shape index (κ3) is 2.21. The number of allylic oxidation sites excluding steroid dienone is 1. The SMILES string of the molecule is CCOC1=C[C@@]2(Oc3ccccc3)c3c(OCC)c(O)c4c(c3[C@]23CCC[C@H]13)CCC4. The van der Waals surface area contributed by atoms with Crippen molar-refractivity contribution in [2.75, 3.05) is 13.2 Å². The zero-order chi connectivity index (χ0) is 21.2. The molecule has 6 rings (SSSR count). The Balaban J connectivity index is 1.65. The van der Waals surface area contributed by atoms with E-state index in [9.17, 15) is 5.11 Å². The molecule has 0 radical (unpaired) electrons. The maximum atomic E-state index is 11.3. The fraction of sp³-hybridized carbons (Fsp3) is 0.481. The van der Waals surface area contributed by atoms with E-state index in [2.05, 4.69) is 13.0 Å². The average Bonchev–Trinajstić information content (AvgIpc) is 3.47. The Labute approximate surface area is 183 Å². The molecule has 0 amide bonds. The van der Waals surface area contributed by atoms with Gasteiger partial charge in [0.15, 0.2) is 17.1 Å². The van der Waals surface area contributed by atoms with Gasteiger partial charge in [-0.25, -0.2) is 0 Å². The van der Waals surface area contributed by atoms with Gasteiger partial charge in [-0.3, -0.25) is 0 Å². The second-order valence-electron chi connectivity index (χ2n) is 9.22. The zero-order valence-corrected chi connectivity index (χ0v) is 18.4. The lowest BCUT2D eigenvalue weighted by Gasteiger charge is -2.57. The van der Waals surface area contributed by atoms with Gasteiger partial charge in [0.1, 0.15) is 11.5 Å². The Morgan fingerprint density at radius 1 is 0.968 bits per heavy atom. The Kier molecular flexibility index (Phi) is 4.12. The van der Waals surface area contributed by atoms with Crippen LogP contribution in [0.2, 0.25) is 0 Å². The third-order valence-corrected chi connectivity index (χ3v) is 7.95. The van der Waals surface area contributed by atoms with Crippen molar-refractivity contribution in [2.45, 2.75) is 63.4 Å². The Hall–Kier alpha value is -2.62. The van der Waals surface area contributed by atoms with Crippen LogP contribution in [-0.2, 0) is 28.6 Å². The minimum atomic E-state index is -0.658. The van der Waals surface area contributed by atoms with Crippen molar-refractivity contribution in [1.29, 1.82) is 0 Å². The van der Waals surface area contributed by atoms with E-state index in [1.807, 2.05) is 37.3 Å². The predicted octanol–water partition coefficient (Wildman–Crippen LogP) is 5.54. The molecule has 4 nitrogen and oxygen atoms in total.